The molecule has 1 heterocycles. The van der Waals surface area contributed by atoms with Crippen LogP contribution in [0.5, 0.6) is 0 Å². The van der Waals surface area contributed by atoms with Crippen LogP contribution in [0, 0.1) is 24.7 Å². The van der Waals surface area contributed by atoms with Gasteiger partial charge in [-0.1, -0.05) is 27.7 Å². The molecule has 0 radical (unpaired) electrons. The van der Waals surface area contributed by atoms with Gasteiger partial charge < -0.3 is 5.32 Å². The number of nitrogens with zero attached hydrogens (tertiary/aromatic N) is 2. The number of aromatic nitrogens is 2. The lowest BCUT2D eigenvalue weighted by Gasteiger charge is -2.25. The maximum Gasteiger partial charge on any atom is 0.0739 e. The van der Waals surface area contributed by atoms with E-state index in [0.29, 0.717) is 11.8 Å². The van der Waals surface area contributed by atoms with Crippen LogP contribution >= 0.6 is 15.9 Å². The molecule has 0 amide bonds. The molecule has 0 saturated carbocycles. The number of aryl methyl sites for hydroxylation is 2. The summed E-state index contributed by atoms with van der Waals surface area (Å²) in [4.78, 5) is 0. The van der Waals surface area contributed by atoms with Crippen LogP contribution in [0.2, 0.25) is 0 Å². The van der Waals surface area contributed by atoms with Gasteiger partial charge in [0.05, 0.1) is 15.9 Å². The first kappa shape index (κ1) is 15.7. The SMILES string of the molecule is Cc1nn(C)c(CNCC(C(C)C)C(C)C)c1Br. The molecule has 0 bridgehead atoms. The fourth-order valence-electron chi connectivity index (χ4n) is 2.47. The molecule has 0 aromatic carbocycles. The molecule has 0 aliphatic heterocycles. The molecule has 0 saturated heterocycles. The van der Waals surface area contributed by atoms with Gasteiger partial charge in [-0.05, 0) is 47.2 Å². The van der Waals surface area contributed by atoms with Crippen molar-refractivity contribution < 1.29 is 0 Å². The Morgan fingerprint density at radius 2 is 1.78 bits per heavy atom. The molecular formula is C14H26BrN3. The maximum atomic E-state index is 4.41. The zero-order valence-electron chi connectivity index (χ0n) is 12.4. The maximum absolute atomic E-state index is 4.41. The largest absolute Gasteiger partial charge is 0.311 e. The molecule has 1 N–H and O–H groups in total. The van der Waals surface area contributed by atoms with Crippen LogP contribution in [0.25, 0.3) is 0 Å². The summed E-state index contributed by atoms with van der Waals surface area (Å²) in [6.07, 6.45) is 0. The molecule has 0 atom stereocenters. The molecule has 0 aliphatic rings. The van der Waals surface area contributed by atoms with E-state index < -0.39 is 0 Å². The lowest BCUT2D eigenvalue weighted by molar-refractivity contribution is 0.274. The predicted molar refractivity (Wildman–Crippen MR) is 80.5 cm³/mol. The van der Waals surface area contributed by atoms with E-state index in [9.17, 15) is 0 Å². The molecule has 0 fully saturated rings. The monoisotopic (exact) mass is 315 g/mol. The average Bonchev–Trinajstić information content (AvgIpc) is 2.48. The third kappa shape index (κ3) is 3.82. The standard InChI is InChI=1S/C14H26BrN3/c1-9(2)12(10(3)4)7-16-8-13-14(15)11(5)17-18(13)6/h9-10,12,16H,7-8H2,1-6H3. The highest BCUT2D eigenvalue weighted by atomic mass is 79.9. The van der Waals surface area contributed by atoms with Gasteiger partial charge in [0.15, 0.2) is 0 Å². The molecule has 18 heavy (non-hydrogen) atoms. The van der Waals surface area contributed by atoms with Crippen LogP contribution < -0.4 is 5.32 Å². The van der Waals surface area contributed by atoms with Crippen molar-refractivity contribution in [1.29, 1.82) is 0 Å². The van der Waals surface area contributed by atoms with E-state index in [0.717, 1.165) is 29.2 Å². The fourth-order valence-corrected chi connectivity index (χ4v) is 2.95. The normalized spacial score (nSPS) is 12.1. The minimum Gasteiger partial charge on any atom is -0.311 e. The molecule has 1 rings (SSSR count). The molecule has 1 aromatic heterocycles. The van der Waals surface area contributed by atoms with Crippen molar-refractivity contribution >= 4 is 15.9 Å². The van der Waals surface area contributed by atoms with Gasteiger partial charge in [0, 0.05) is 13.6 Å². The molecule has 104 valence electrons. The number of hydrogen-bond acceptors (Lipinski definition) is 2. The summed E-state index contributed by atoms with van der Waals surface area (Å²) >= 11 is 3.60. The van der Waals surface area contributed by atoms with Gasteiger partial charge in [-0.25, -0.2) is 0 Å². The summed E-state index contributed by atoms with van der Waals surface area (Å²) in [5, 5.41) is 7.98. The summed E-state index contributed by atoms with van der Waals surface area (Å²) < 4.78 is 3.08. The van der Waals surface area contributed by atoms with E-state index >= 15 is 0 Å². The van der Waals surface area contributed by atoms with Gasteiger partial charge in [0.2, 0.25) is 0 Å². The second kappa shape index (κ2) is 6.71. The van der Waals surface area contributed by atoms with Crippen molar-refractivity contribution in [1.82, 2.24) is 15.1 Å². The van der Waals surface area contributed by atoms with Crippen molar-refractivity contribution in [3.63, 3.8) is 0 Å². The van der Waals surface area contributed by atoms with Gasteiger partial charge >= 0.3 is 0 Å². The second-order valence-electron chi connectivity index (χ2n) is 5.75. The van der Waals surface area contributed by atoms with Crippen LogP contribution in [-0.4, -0.2) is 16.3 Å². The van der Waals surface area contributed by atoms with Crippen molar-refractivity contribution in [2.75, 3.05) is 6.54 Å². The Morgan fingerprint density at radius 1 is 1.22 bits per heavy atom. The first-order valence-corrected chi connectivity index (χ1v) is 7.52. The van der Waals surface area contributed by atoms with Crippen LogP contribution in [-0.2, 0) is 13.6 Å². The van der Waals surface area contributed by atoms with Crippen molar-refractivity contribution in [3.05, 3.63) is 15.9 Å². The van der Waals surface area contributed by atoms with Crippen LogP contribution in [0.15, 0.2) is 4.47 Å². The summed E-state index contributed by atoms with van der Waals surface area (Å²) in [5.41, 5.74) is 2.28. The molecule has 3 nitrogen and oxygen atoms in total. The third-order valence-electron chi connectivity index (χ3n) is 3.65. The Hall–Kier alpha value is -0.350. The smallest absolute Gasteiger partial charge is 0.0739 e. The Kier molecular flexibility index (Phi) is 5.86. The average molecular weight is 316 g/mol. The molecule has 0 spiro atoms. The number of hydrogen-bond donors (Lipinski definition) is 1. The fraction of sp³-hybridized carbons (Fsp3) is 0.786. The molecule has 4 heteroatoms. The first-order chi connectivity index (χ1) is 8.34. The quantitative estimate of drug-likeness (QED) is 0.870. The number of halogens is 1. The molecule has 0 unspecified atom stereocenters. The van der Waals surface area contributed by atoms with E-state index in [4.69, 9.17) is 0 Å². The first-order valence-electron chi connectivity index (χ1n) is 6.73. The minimum atomic E-state index is 0.717. The molecular weight excluding hydrogens is 290 g/mol. The summed E-state index contributed by atoms with van der Waals surface area (Å²) in [5.74, 6) is 2.15. The Labute approximate surface area is 119 Å². The van der Waals surface area contributed by atoms with Crippen molar-refractivity contribution in [3.8, 4) is 0 Å². The molecule has 0 aliphatic carbocycles. The topological polar surface area (TPSA) is 29.9 Å². The number of nitrogens with one attached hydrogen (secondary N) is 1. The van der Waals surface area contributed by atoms with E-state index in [1.165, 1.54) is 5.69 Å². The third-order valence-corrected chi connectivity index (χ3v) is 4.68. The Balaban J connectivity index is 2.55. The van der Waals surface area contributed by atoms with E-state index in [1.54, 1.807) is 0 Å². The Morgan fingerprint density at radius 3 is 2.17 bits per heavy atom. The van der Waals surface area contributed by atoms with Crippen LogP contribution in [0.3, 0.4) is 0 Å². The van der Waals surface area contributed by atoms with Crippen LogP contribution in [0.4, 0.5) is 0 Å². The van der Waals surface area contributed by atoms with Gasteiger partial charge in [0.25, 0.3) is 0 Å². The van der Waals surface area contributed by atoms with Crippen molar-refractivity contribution in [2.45, 2.75) is 41.2 Å². The second-order valence-corrected chi connectivity index (χ2v) is 6.55. The zero-order chi connectivity index (χ0) is 13.9. The highest BCUT2D eigenvalue weighted by Crippen LogP contribution is 2.22. The highest BCUT2D eigenvalue weighted by molar-refractivity contribution is 9.10. The highest BCUT2D eigenvalue weighted by Gasteiger charge is 2.17. The zero-order valence-corrected chi connectivity index (χ0v) is 14.0. The lowest BCUT2D eigenvalue weighted by atomic mass is 9.85. The summed E-state index contributed by atoms with van der Waals surface area (Å²) in [6, 6.07) is 0. The van der Waals surface area contributed by atoms with Gasteiger partial charge in [-0.2, -0.15) is 5.10 Å². The lowest BCUT2D eigenvalue weighted by Crippen LogP contribution is -2.30. The van der Waals surface area contributed by atoms with E-state index in [-0.39, 0.29) is 0 Å². The predicted octanol–water partition coefficient (Wildman–Crippen LogP) is 3.51. The van der Waals surface area contributed by atoms with E-state index in [1.807, 2.05) is 18.7 Å². The summed E-state index contributed by atoms with van der Waals surface area (Å²) in [6.45, 7) is 13.2. The van der Waals surface area contributed by atoms with Gasteiger partial charge in [-0.3, -0.25) is 4.68 Å². The summed E-state index contributed by atoms with van der Waals surface area (Å²) in [7, 11) is 2.00. The van der Waals surface area contributed by atoms with Gasteiger partial charge in [0.1, 0.15) is 0 Å². The Bertz CT molecular complexity index is 375. The van der Waals surface area contributed by atoms with Gasteiger partial charge in [-0.15, -0.1) is 0 Å². The minimum absolute atomic E-state index is 0.717. The number of rotatable bonds is 6. The van der Waals surface area contributed by atoms with Crippen LogP contribution in [0.1, 0.15) is 39.1 Å². The van der Waals surface area contributed by atoms with Crippen molar-refractivity contribution in [2.24, 2.45) is 24.8 Å². The van der Waals surface area contributed by atoms with E-state index in [2.05, 4.69) is 54.0 Å². The molecule has 1 aromatic rings.